The van der Waals surface area contributed by atoms with Crippen LogP contribution in [0.4, 0.5) is 17.3 Å². The van der Waals surface area contributed by atoms with Crippen LogP contribution in [0.1, 0.15) is 18.5 Å². The average molecular weight is 468 g/mol. The van der Waals surface area contributed by atoms with E-state index in [1.54, 1.807) is 47.4 Å². The SMILES string of the molecule is CC1=C(C(=O)Nc2cccnc2)C(c2cccc(O)c2)n2nc(-c3ccc(N(C)C)cc3)nc2N1. The van der Waals surface area contributed by atoms with Gasteiger partial charge in [-0.2, -0.15) is 4.98 Å². The minimum absolute atomic E-state index is 0.104. The lowest BCUT2D eigenvalue weighted by Gasteiger charge is -2.28. The number of carbonyl (C=O) groups is 1. The molecule has 2 aromatic heterocycles. The molecular weight excluding hydrogens is 442 g/mol. The monoisotopic (exact) mass is 467 g/mol. The minimum Gasteiger partial charge on any atom is -0.508 e. The molecule has 0 fully saturated rings. The Hall–Kier alpha value is -4.66. The highest BCUT2D eigenvalue weighted by Gasteiger charge is 2.34. The first-order chi connectivity index (χ1) is 16.9. The van der Waals surface area contributed by atoms with Crippen molar-refractivity contribution in [2.24, 2.45) is 0 Å². The normalized spacial score (nSPS) is 14.8. The van der Waals surface area contributed by atoms with Crippen molar-refractivity contribution < 1.29 is 9.90 Å². The van der Waals surface area contributed by atoms with Crippen LogP contribution < -0.4 is 15.5 Å². The number of phenols is 1. The lowest BCUT2D eigenvalue weighted by Crippen LogP contribution is -2.31. The molecule has 0 radical (unpaired) electrons. The standard InChI is InChI=1S/C26H25N7O2/c1-16-22(25(35)29-19-7-5-13-27-15-19)23(18-6-4-8-21(34)14-18)33-26(28-16)30-24(31-33)17-9-11-20(12-10-17)32(2)3/h4-15,23,34H,1-3H3,(H,29,35)(H,28,30,31). The maximum absolute atomic E-state index is 13.5. The average Bonchev–Trinajstić information content (AvgIpc) is 3.27. The number of aromatic hydroxyl groups is 1. The molecule has 3 N–H and O–H groups in total. The molecule has 1 atom stereocenters. The zero-order valence-electron chi connectivity index (χ0n) is 19.6. The topological polar surface area (TPSA) is 108 Å². The number of hydrogen-bond acceptors (Lipinski definition) is 7. The number of hydrogen-bond donors (Lipinski definition) is 3. The van der Waals surface area contributed by atoms with Gasteiger partial charge in [-0.15, -0.1) is 5.10 Å². The van der Waals surface area contributed by atoms with E-state index >= 15 is 0 Å². The number of carbonyl (C=O) groups excluding carboxylic acids is 1. The van der Waals surface area contributed by atoms with Gasteiger partial charge in [-0.1, -0.05) is 12.1 Å². The fourth-order valence-corrected chi connectivity index (χ4v) is 4.11. The number of amides is 1. The number of allylic oxidation sites excluding steroid dienone is 1. The van der Waals surface area contributed by atoms with Crippen LogP contribution in [0.2, 0.25) is 0 Å². The van der Waals surface area contributed by atoms with Crippen molar-refractivity contribution in [3.8, 4) is 17.1 Å². The van der Waals surface area contributed by atoms with Gasteiger partial charge in [-0.3, -0.25) is 9.78 Å². The van der Waals surface area contributed by atoms with Crippen molar-refractivity contribution in [3.63, 3.8) is 0 Å². The van der Waals surface area contributed by atoms with Crippen LogP contribution in [0.3, 0.4) is 0 Å². The van der Waals surface area contributed by atoms with Crippen LogP contribution in [0.5, 0.6) is 5.75 Å². The van der Waals surface area contributed by atoms with Crippen molar-refractivity contribution in [2.45, 2.75) is 13.0 Å². The van der Waals surface area contributed by atoms with Crippen molar-refractivity contribution in [2.75, 3.05) is 29.6 Å². The van der Waals surface area contributed by atoms with E-state index in [9.17, 15) is 9.90 Å². The summed E-state index contributed by atoms with van der Waals surface area (Å²) < 4.78 is 1.69. The largest absolute Gasteiger partial charge is 0.508 e. The van der Waals surface area contributed by atoms with Crippen LogP contribution in [-0.2, 0) is 4.79 Å². The zero-order valence-corrected chi connectivity index (χ0v) is 19.6. The van der Waals surface area contributed by atoms with Gasteiger partial charge in [0.2, 0.25) is 5.95 Å². The Bertz CT molecular complexity index is 1410. The highest BCUT2D eigenvalue weighted by atomic mass is 16.3. The second-order valence-electron chi connectivity index (χ2n) is 8.50. The molecule has 1 unspecified atom stereocenters. The van der Waals surface area contributed by atoms with Crippen molar-refractivity contribution >= 4 is 23.2 Å². The summed E-state index contributed by atoms with van der Waals surface area (Å²) in [6.45, 7) is 1.83. The molecule has 0 saturated heterocycles. The summed E-state index contributed by atoms with van der Waals surface area (Å²) in [6.07, 6.45) is 3.23. The molecule has 4 aromatic rings. The van der Waals surface area contributed by atoms with E-state index in [2.05, 4.69) is 15.6 Å². The maximum atomic E-state index is 13.5. The van der Waals surface area contributed by atoms with E-state index in [4.69, 9.17) is 10.1 Å². The fourth-order valence-electron chi connectivity index (χ4n) is 4.11. The number of phenolic OH excluding ortho intramolecular Hbond substituents is 1. The molecule has 9 nitrogen and oxygen atoms in total. The molecule has 0 saturated carbocycles. The number of nitrogens with one attached hydrogen (secondary N) is 2. The van der Waals surface area contributed by atoms with E-state index in [0.717, 1.165) is 11.3 Å². The summed E-state index contributed by atoms with van der Waals surface area (Å²) in [5.74, 6) is 0.853. The molecule has 5 rings (SSSR count). The molecule has 35 heavy (non-hydrogen) atoms. The Morgan fingerprint density at radius 3 is 2.60 bits per heavy atom. The predicted molar refractivity (Wildman–Crippen MR) is 135 cm³/mol. The summed E-state index contributed by atoms with van der Waals surface area (Å²) in [5.41, 5.74) is 4.33. The highest BCUT2D eigenvalue weighted by molar-refractivity contribution is 6.06. The first kappa shape index (κ1) is 22.1. The quantitative estimate of drug-likeness (QED) is 0.407. The molecular formula is C26H25N7O2. The summed E-state index contributed by atoms with van der Waals surface area (Å²) in [6, 6.07) is 17.7. The Labute approximate surface area is 202 Å². The third-order valence-electron chi connectivity index (χ3n) is 5.84. The maximum Gasteiger partial charge on any atom is 0.255 e. The van der Waals surface area contributed by atoms with E-state index in [1.807, 2.05) is 56.3 Å². The van der Waals surface area contributed by atoms with Crippen LogP contribution in [0.15, 0.2) is 84.3 Å². The smallest absolute Gasteiger partial charge is 0.255 e. The molecule has 0 aliphatic carbocycles. The van der Waals surface area contributed by atoms with Crippen molar-refractivity contribution in [1.82, 2.24) is 19.7 Å². The molecule has 1 aliphatic rings. The molecule has 0 spiro atoms. The molecule has 0 bridgehead atoms. The number of aromatic nitrogens is 4. The van der Waals surface area contributed by atoms with Gasteiger partial charge >= 0.3 is 0 Å². The van der Waals surface area contributed by atoms with Gasteiger partial charge < -0.3 is 20.6 Å². The second-order valence-corrected chi connectivity index (χ2v) is 8.50. The summed E-state index contributed by atoms with van der Waals surface area (Å²) in [7, 11) is 3.97. The van der Waals surface area contributed by atoms with E-state index in [0.29, 0.717) is 34.3 Å². The summed E-state index contributed by atoms with van der Waals surface area (Å²) >= 11 is 0. The molecule has 3 heterocycles. The second kappa shape index (κ2) is 8.94. The molecule has 1 aliphatic heterocycles. The van der Waals surface area contributed by atoms with Gasteiger partial charge in [-0.25, -0.2) is 4.68 Å². The van der Waals surface area contributed by atoms with Gasteiger partial charge in [-0.05, 0) is 61.0 Å². The van der Waals surface area contributed by atoms with Crippen molar-refractivity contribution in [1.29, 1.82) is 0 Å². The number of anilines is 3. The number of rotatable bonds is 5. The Morgan fingerprint density at radius 1 is 1.11 bits per heavy atom. The fraction of sp³-hybridized carbons (Fsp3) is 0.154. The molecule has 176 valence electrons. The van der Waals surface area contributed by atoms with E-state index in [-0.39, 0.29) is 11.7 Å². The first-order valence-corrected chi connectivity index (χ1v) is 11.1. The van der Waals surface area contributed by atoms with Gasteiger partial charge in [0.15, 0.2) is 5.82 Å². The number of nitrogens with zero attached hydrogens (tertiary/aromatic N) is 5. The van der Waals surface area contributed by atoms with E-state index < -0.39 is 6.04 Å². The van der Waals surface area contributed by atoms with Crippen LogP contribution in [0.25, 0.3) is 11.4 Å². The van der Waals surface area contributed by atoms with Crippen LogP contribution in [-0.4, -0.2) is 44.9 Å². The lowest BCUT2D eigenvalue weighted by atomic mass is 9.95. The van der Waals surface area contributed by atoms with Crippen LogP contribution >= 0.6 is 0 Å². The molecule has 9 heteroatoms. The molecule has 2 aromatic carbocycles. The zero-order chi connectivity index (χ0) is 24.5. The Kier molecular flexibility index (Phi) is 5.66. The summed E-state index contributed by atoms with van der Waals surface area (Å²) in [5, 5.41) is 21.1. The molecule has 1 amide bonds. The third-order valence-corrected chi connectivity index (χ3v) is 5.84. The first-order valence-electron chi connectivity index (χ1n) is 11.1. The predicted octanol–water partition coefficient (Wildman–Crippen LogP) is 4.04. The third kappa shape index (κ3) is 4.31. The minimum atomic E-state index is -0.600. The number of pyridine rings is 1. The van der Waals surface area contributed by atoms with E-state index in [1.165, 1.54) is 0 Å². The number of fused-ring (bicyclic) bond motifs is 1. The Morgan fingerprint density at radius 2 is 1.91 bits per heavy atom. The Balaban J connectivity index is 1.58. The highest BCUT2D eigenvalue weighted by Crippen LogP contribution is 2.37. The van der Waals surface area contributed by atoms with Gasteiger partial charge in [0.25, 0.3) is 5.91 Å². The lowest BCUT2D eigenvalue weighted by molar-refractivity contribution is -0.113. The van der Waals surface area contributed by atoms with Crippen molar-refractivity contribution in [3.05, 3.63) is 89.9 Å². The van der Waals surface area contributed by atoms with Gasteiger partial charge in [0.05, 0.1) is 17.5 Å². The summed E-state index contributed by atoms with van der Waals surface area (Å²) in [4.78, 5) is 24.3. The van der Waals surface area contributed by atoms with Crippen LogP contribution in [0, 0.1) is 0 Å². The van der Waals surface area contributed by atoms with Gasteiger partial charge in [0.1, 0.15) is 11.8 Å². The van der Waals surface area contributed by atoms with Gasteiger partial charge in [0, 0.05) is 37.2 Å². The number of benzene rings is 2.